The Hall–Kier alpha value is -1.69. The van der Waals surface area contributed by atoms with Gasteiger partial charge in [-0.3, -0.25) is 9.59 Å². The first-order valence-electron chi connectivity index (χ1n) is 6.14. The van der Waals surface area contributed by atoms with E-state index in [0.717, 1.165) is 0 Å². The van der Waals surface area contributed by atoms with E-state index in [4.69, 9.17) is 14.6 Å². The third-order valence-corrected chi connectivity index (χ3v) is 2.60. The van der Waals surface area contributed by atoms with Gasteiger partial charge in [-0.1, -0.05) is 6.58 Å². The maximum absolute atomic E-state index is 11.9. The quantitative estimate of drug-likeness (QED) is 0.448. The third-order valence-electron chi connectivity index (χ3n) is 2.60. The zero-order chi connectivity index (χ0) is 16.1. The fraction of sp³-hybridized carbons (Fsp3) is 0.643. The van der Waals surface area contributed by atoms with Crippen molar-refractivity contribution in [1.29, 1.82) is 0 Å². The van der Waals surface area contributed by atoms with Crippen LogP contribution in [0.25, 0.3) is 0 Å². The first-order chi connectivity index (χ1) is 8.94. The van der Waals surface area contributed by atoms with E-state index < -0.39 is 35.3 Å². The van der Waals surface area contributed by atoms with Crippen molar-refractivity contribution in [1.82, 2.24) is 0 Å². The Morgan fingerprint density at radius 1 is 1.05 bits per heavy atom. The topological polar surface area (TPSA) is 89.9 Å². The Labute approximate surface area is 118 Å². The fourth-order valence-corrected chi connectivity index (χ4v) is 0.853. The maximum Gasteiger partial charge on any atom is 0.333 e. The van der Waals surface area contributed by atoms with Gasteiger partial charge in [-0.15, -0.1) is 0 Å². The smallest absolute Gasteiger partial charge is 0.333 e. The van der Waals surface area contributed by atoms with Gasteiger partial charge in [-0.2, -0.15) is 0 Å². The SMILES string of the molecule is C=C(C)C(=O)OCC(C)(C)C(=O)OC(=O)C(C)(C)CO. The first kappa shape index (κ1) is 18.3. The molecular formula is C14H22O6. The molecule has 0 aliphatic rings. The van der Waals surface area contributed by atoms with Gasteiger partial charge in [0, 0.05) is 5.57 Å². The second-order valence-electron chi connectivity index (χ2n) is 5.96. The normalized spacial score (nSPS) is 11.7. The van der Waals surface area contributed by atoms with E-state index >= 15 is 0 Å². The minimum absolute atomic E-state index is 0.214. The molecule has 0 spiro atoms. The van der Waals surface area contributed by atoms with Gasteiger partial charge < -0.3 is 14.6 Å². The molecule has 114 valence electrons. The molecule has 0 heterocycles. The molecule has 6 nitrogen and oxygen atoms in total. The molecule has 0 aromatic rings. The summed E-state index contributed by atoms with van der Waals surface area (Å²) in [6.07, 6.45) is 0. The van der Waals surface area contributed by atoms with Gasteiger partial charge in [-0.05, 0) is 34.6 Å². The molecule has 20 heavy (non-hydrogen) atoms. The molecule has 0 fully saturated rings. The number of hydrogen-bond donors (Lipinski definition) is 1. The van der Waals surface area contributed by atoms with Crippen LogP contribution in [0.4, 0.5) is 0 Å². The molecule has 0 amide bonds. The highest BCUT2D eigenvalue weighted by molar-refractivity contribution is 5.91. The zero-order valence-electron chi connectivity index (χ0n) is 12.6. The van der Waals surface area contributed by atoms with Crippen molar-refractivity contribution in [2.45, 2.75) is 34.6 Å². The standard InChI is InChI=1S/C14H22O6/c1-9(2)10(16)19-8-14(5,6)12(18)20-11(17)13(3,4)7-15/h15H,1,7-8H2,2-6H3. The number of aliphatic hydroxyl groups excluding tert-OH is 1. The second-order valence-corrected chi connectivity index (χ2v) is 5.96. The van der Waals surface area contributed by atoms with E-state index in [1.165, 1.54) is 34.6 Å². The van der Waals surface area contributed by atoms with Gasteiger partial charge in [-0.25, -0.2) is 4.79 Å². The third kappa shape index (κ3) is 5.13. The molecule has 0 unspecified atom stereocenters. The van der Waals surface area contributed by atoms with Crippen LogP contribution in [0.5, 0.6) is 0 Å². The Balaban J connectivity index is 4.64. The summed E-state index contributed by atoms with van der Waals surface area (Å²) in [5.74, 6) is -2.27. The zero-order valence-corrected chi connectivity index (χ0v) is 12.6. The predicted octanol–water partition coefficient (Wildman–Crippen LogP) is 1.22. The summed E-state index contributed by atoms with van der Waals surface area (Å²) in [4.78, 5) is 34.8. The van der Waals surface area contributed by atoms with Crippen LogP contribution >= 0.6 is 0 Å². The molecule has 0 radical (unpaired) electrons. The highest BCUT2D eigenvalue weighted by atomic mass is 16.6. The fourth-order valence-electron chi connectivity index (χ4n) is 0.853. The lowest BCUT2D eigenvalue weighted by Crippen LogP contribution is -2.38. The number of hydrogen-bond acceptors (Lipinski definition) is 6. The number of esters is 3. The molecule has 0 aromatic carbocycles. The van der Waals surface area contributed by atoms with Crippen molar-refractivity contribution < 1.29 is 29.0 Å². The molecule has 0 aliphatic heterocycles. The van der Waals surface area contributed by atoms with Crippen LogP contribution in [-0.2, 0) is 23.9 Å². The van der Waals surface area contributed by atoms with E-state index in [-0.39, 0.29) is 12.2 Å². The Morgan fingerprint density at radius 2 is 1.50 bits per heavy atom. The Morgan fingerprint density at radius 3 is 1.90 bits per heavy atom. The van der Waals surface area contributed by atoms with Gasteiger partial charge in [0.1, 0.15) is 6.61 Å². The predicted molar refractivity (Wildman–Crippen MR) is 71.5 cm³/mol. The highest BCUT2D eigenvalue weighted by Crippen LogP contribution is 2.22. The van der Waals surface area contributed by atoms with Crippen LogP contribution in [0.1, 0.15) is 34.6 Å². The molecular weight excluding hydrogens is 264 g/mol. The molecule has 0 bridgehead atoms. The Bertz CT molecular complexity index is 419. The van der Waals surface area contributed by atoms with Gasteiger partial charge >= 0.3 is 17.9 Å². The van der Waals surface area contributed by atoms with Crippen LogP contribution in [0.3, 0.4) is 0 Å². The van der Waals surface area contributed by atoms with Crippen LogP contribution in [0.2, 0.25) is 0 Å². The molecule has 0 saturated carbocycles. The number of aliphatic hydroxyl groups is 1. The van der Waals surface area contributed by atoms with Gasteiger partial charge in [0.05, 0.1) is 17.4 Å². The minimum atomic E-state index is -1.17. The summed E-state index contributed by atoms with van der Waals surface area (Å²) in [5.41, 5.74) is -2.13. The van der Waals surface area contributed by atoms with Crippen LogP contribution < -0.4 is 0 Å². The summed E-state index contributed by atoms with van der Waals surface area (Å²) >= 11 is 0. The van der Waals surface area contributed by atoms with Gasteiger partial charge in [0.15, 0.2) is 0 Å². The van der Waals surface area contributed by atoms with Crippen molar-refractivity contribution in [3.05, 3.63) is 12.2 Å². The van der Waals surface area contributed by atoms with Crippen LogP contribution in [0, 0.1) is 10.8 Å². The number of rotatable bonds is 6. The first-order valence-corrected chi connectivity index (χ1v) is 6.14. The second kappa shape index (κ2) is 6.65. The lowest BCUT2D eigenvalue weighted by Gasteiger charge is -2.24. The summed E-state index contributed by atoms with van der Waals surface area (Å²) in [6, 6.07) is 0. The molecule has 1 N–H and O–H groups in total. The van der Waals surface area contributed by atoms with E-state index in [0.29, 0.717) is 0 Å². The number of ether oxygens (including phenoxy) is 2. The maximum atomic E-state index is 11.9. The summed E-state index contributed by atoms with van der Waals surface area (Å²) in [6.45, 7) is 10.1. The van der Waals surface area contributed by atoms with E-state index in [9.17, 15) is 14.4 Å². The average molecular weight is 286 g/mol. The summed E-state index contributed by atoms with van der Waals surface area (Å²) < 4.78 is 9.59. The number of carbonyl (C=O) groups excluding carboxylic acids is 3. The summed E-state index contributed by atoms with van der Waals surface area (Å²) in [5, 5.41) is 9.03. The molecule has 0 aliphatic carbocycles. The average Bonchev–Trinajstić information content (AvgIpc) is 2.35. The lowest BCUT2D eigenvalue weighted by molar-refractivity contribution is -0.175. The van der Waals surface area contributed by atoms with Gasteiger partial charge in [0.2, 0.25) is 0 Å². The van der Waals surface area contributed by atoms with Crippen molar-refractivity contribution >= 4 is 17.9 Å². The minimum Gasteiger partial charge on any atom is -0.461 e. The Kier molecular flexibility index (Phi) is 6.09. The largest absolute Gasteiger partial charge is 0.461 e. The highest BCUT2D eigenvalue weighted by Gasteiger charge is 2.37. The summed E-state index contributed by atoms with van der Waals surface area (Å²) in [7, 11) is 0. The molecule has 6 heteroatoms. The van der Waals surface area contributed by atoms with Crippen molar-refractivity contribution in [3.63, 3.8) is 0 Å². The van der Waals surface area contributed by atoms with E-state index in [1.807, 2.05) is 0 Å². The van der Waals surface area contributed by atoms with Crippen molar-refractivity contribution in [2.75, 3.05) is 13.2 Å². The van der Waals surface area contributed by atoms with Crippen molar-refractivity contribution in [3.8, 4) is 0 Å². The van der Waals surface area contributed by atoms with Crippen LogP contribution in [-0.4, -0.2) is 36.2 Å². The molecule has 0 atom stereocenters. The van der Waals surface area contributed by atoms with E-state index in [2.05, 4.69) is 6.58 Å². The molecule has 0 rings (SSSR count). The van der Waals surface area contributed by atoms with Gasteiger partial charge in [0.25, 0.3) is 0 Å². The van der Waals surface area contributed by atoms with Crippen LogP contribution in [0.15, 0.2) is 12.2 Å². The number of carbonyl (C=O) groups is 3. The lowest BCUT2D eigenvalue weighted by atomic mass is 9.93. The van der Waals surface area contributed by atoms with Crippen molar-refractivity contribution in [2.24, 2.45) is 10.8 Å². The van der Waals surface area contributed by atoms with E-state index in [1.54, 1.807) is 0 Å². The molecule has 0 aromatic heterocycles. The molecule has 0 saturated heterocycles. The monoisotopic (exact) mass is 286 g/mol.